The summed E-state index contributed by atoms with van der Waals surface area (Å²) in [5, 5.41) is 16.4. The maximum atomic E-state index is 14.1. The highest BCUT2D eigenvalue weighted by Crippen LogP contribution is 2.66. The second kappa shape index (κ2) is 11.6. The van der Waals surface area contributed by atoms with Gasteiger partial charge in [0.1, 0.15) is 11.8 Å². The van der Waals surface area contributed by atoms with E-state index in [-0.39, 0.29) is 35.5 Å². The van der Waals surface area contributed by atoms with Gasteiger partial charge in [0.2, 0.25) is 17.7 Å². The van der Waals surface area contributed by atoms with E-state index in [1.807, 2.05) is 32.9 Å². The number of thioether (sulfide) groups is 1. The van der Waals surface area contributed by atoms with Crippen molar-refractivity contribution in [2.24, 2.45) is 17.8 Å². The van der Waals surface area contributed by atoms with Gasteiger partial charge in [0.15, 0.2) is 0 Å². The monoisotopic (exact) mass is 531 g/mol. The zero-order valence-electron chi connectivity index (χ0n) is 22.4. The van der Waals surface area contributed by atoms with Crippen LogP contribution < -0.4 is 15.4 Å². The second-order valence-electron chi connectivity index (χ2n) is 10.5. The lowest BCUT2D eigenvalue weighted by atomic mass is 9.70. The Labute approximate surface area is 224 Å². The number of aliphatic hydroxyl groups excluding tert-OH is 1. The van der Waals surface area contributed by atoms with Gasteiger partial charge in [-0.3, -0.25) is 14.4 Å². The van der Waals surface area contributed by atoms with Crippen LogP contribution >= 0.6 is 11.8 Å². The smallest absolute Gasteiger partial charge is 0.244 e. The predicted molar refractivity (Wildman–Crippen MR) is 145 cm³/mol. The first kappa shape index (κ1) is 27.8. The van der Waals surface area contributed by atoms with Crippen LogP contribution in [0.25, 0.3) is 0 Å². The van der Waals surface area contributed by atoms with E-state index in [0.717, 1.165) is 31.4 Å². The highest BCUT2D eigenvalue weighted by molar-refractivity contribution is 8.02. The van der Waals surface area contributed by atoms with Crippen LogP contribution in [0.5, 0.6) is 5.75 Å². The van der Waals surface area contributed by atoms with Crippen LogP contribution in [0, 0.1) is 17.8 Å². The van der Waals surface area contributed by atoms with Crippen LogP contribution in [0.4, 0.5) is 5.69 Å². The molecule has 2 unspecified atom stereocenters. The number of ether oxygens (including phenoxy) is 1. The largest absolute Gasteiger partial charge is 0.494 e. The Bertz CT molecular complexity index is 989. The number of anilines is 1. The fourth-order valence-electron chi connectivity index (χ4n) is 6.37. The fourth-order valence-corrected chi connectivity index (χ4v) is 8.58. The molecule has 3 aliphatic heterocycles. The number of fused-ring (bicyclic) bond motifs is 1. The number of amides is 3. The van der Waals surface area contributed by atoms with Gasteiger partial charge < -0.3 is 25.4 Å². The lowest BCUT2D eigenvalue weighted by Crippen LogP contribution is -2.57. The van der Waals surface area contributed by atoms with Gasteiger partial charge in [-0.05, 0) is 56.4 Å². The molecule has 4 rings (SSSR count). The molecular weight excluding hydrogens is 490 g/mol. The van der Waals surface area contributed by atoms with Crippen LogP contribution in [0.2, 0.25) is 0 Å². The minimum absolute atomic E-state index is 0.0130. The molecule has 3 amide bonds. The Morgan fingerprint density at radius 1 is 1.22 bits per heavy atom. The average molecular weight is 532 g/mol. The van der Waals surface area contributed by atoms with Gasteiger partial charge >= 0.3 is 0 Å². The number of hydrogen-bond donors (Lipinski definition) is 3. The summed E-state index contributed by atoms with van der Waals surface area (Å²) in [6.45, 7) is 8.92. The molecule has 1 spiro atoms. The van der Waals surface area contributed by atoms with E-state index in [1.165, 1.54) is 0 Å². The van der Waals surface area contributed by atoms with E-state index in [4.69, 9.17) is 4.74 Å². The summed E-state index contributed by atoms with van der Waals surface area (Å²) >= 11 is 1.65. The molecule has 0 saturated carbocycles. The molecule has 3 heterocycles. The van der Waals surface area contributed by atoms with Crippen molar-refractivity contribution in [1.82, 2.24) is 10.2 Å². The first-order valence-corrected chi connectivity index (χ1v) is 14.6. The third kappa shape index (κ3) is 4.97. The zero-order chi connectivity index (χ0) is 26.7. The predicted octanol–water partition coefficient (Wildman–Crippen LogP) is 3.44. The van der Waals surface area contributed by atoms with E-state index in [0.29, 0.717) is 25.3 Å². The third-order valence-electron chi connectivity index (χ3n) is 8.40. The minimum Gasteiger partial charge on any atom is -0.494 e. The first-order valence-electron chi connectivity index (χ1n) is 13.7. The second-order valence-corrected chi connectivity index (χ2v) is 12.1. The van der Waals surface area contributed by atoms with Gasteiger partial charge in [-0.15, -0.1) is 11.8 Å². The number of aliphatic hydroxyl groups is 1. The Hall–Kier alpha value is -2.26. The third-order valence-corrected chi connectivity index (χ3v) is 10.3. The maximum absolute atomic E-state index is 14.1. The van der Waals surface area contributed by atoms with Crippen LogP contribution in [0.15, 0.2) is 24.3 Å². The van der Waals surface area contributed by atoms with Gasteiger partial charge in [-0.25, -0.2) is 0 Å². The molecule has 3 saturated heterocycles. The molecule has 3 N–H and O–H groups in total. The number of carbonyl (C=O) groups is 3. The molecule has 3 fully saturated rings. The van der Waals surface area contributed by atoms with E-state index < -0.39 is 28.7 Å². The summed E-state index contributed by atoms with van der Waals surface area (Å²) in [6.07, 6.45) is 4.09. The van der Waals surface area contributed by atoms with Crippen molar-refractivity contribution in [3.05, 3.63) is 24.3 Å². The van der Waals surface area contributed by atoms with Crippen LogP contribution in [-0.4, -0.2) is 69.6 Å². The van der Waals surface area contributed by atoms with Crippen LogP contribution in [0.1, 0.15) is 59.8 Å². The number of likely N-dealkylation sites (tertiary alicyclic amines) is 1. The van der Waals surface area contributed by atoms with Crippen LogP contribution in [0.3, 0.4) is 0 Å². The molecular formula is C28H41N3O5S. The number of rotatable bonds is 12. The normalized spacial score (nSPS) is 29.6. The number of carbonyl (C=O) groups excluding carboxylic acids is 3. The minimum atomic E-state index is -0.689. The first-order chi connectivity index (χ1) is 17.8. The Morgan fingerprint density at radius 2 is 1.95 bits per heavy atom. The van der Waals surface area contributed by atoms with Gasteiger partial charge in [-0.1, -0.05) is 33.6 Å². The number of nitrogens with zero attached hydrogens (tertiary/aromatic N) is 1. The summed E-state index contributed by atoms with van der Waals surface area (Å²) in [5.74, 6) is -0.869. The van der Waals surface area contributed by atoms with Crippen molar-refractivity contribution >= 4 is 35.2 Å². The van der Waals surface area contributed by atoms with Crippen molar-refractivity contribution in [2.45, 2.75) is 81.9 Å². The van der Waals surface area contributed by atoms with E-state index >= 15 is 0 Å². The summed E-state index contributed by atoms with van der Waals surface area (Å²) in [6, 6.07) is 6.08. The lowest BCUT2D eigenvalue weighted by Gasteiger charge is -2.39. The van der Waals surface area contributed by atoms with E-state index in [9.17, 15) is 19.5 Å². The van der Waals surface area contributed by atoms with Crippen molar-refractivity contribution in [3.8, 4) is 5.75 Å². The van der Waals surface area contributed by atoms with Crippen molar-refractivity contribution in [2.75, 3.05) is 25.1 Å². The standard InChI is InChI=1S/C28H41N3O5S/c1-5-8-15-29-26(34)24-28-14-13-21(37-28)22(23(28)27(35)31(24)20(16-32)17(4)6-2)25(33)30-18-9-11-19(12-10-18)36-7-3/h9-12,17,20-24,32H,5-8,13-16H2,1-4H3,(H,29,34)(H,30,33)/t17-,20-,21-,22+,23-,24?,28?/m0/s1. The highest BCUT2D eigenvalue weighted by Gasteiger charge is 2.74. The van der Waals surface area contributed by atoms with Gasteiger partial charge in [-0.2, -0.15) is 0 Å². The molecule has 1 aromatic rings. The molecule has 0 aromatic heterocycles. The van der Waals surface area contributed by atoms with E-state index in [2.05, 4.69) is 17.6 Å². The topological polar surface area (TPSA) is 108 Å². The molecule has 1 aromatic carbocycles. The summed E-state index contributed by atoms with van der Waals surface area (Å²) < 4.78 is 4.84. The summed E-state index contributed by atoms with van der Waals surface area (Å²) in [4.78, 5) is 43.1. The molecule has 37 heavy (non-hydrogen) atoms. The zero-order valence-corrected chi connectivity index (χ0v) is 23.2. The van der Waals surface area contributed by atoms with Gasteiger partial charge in [0.05, 0.1) is 35.8 Å². The Morgan fingerprint density at radius 3 is 2.57 bits per heavy atom. The molecule has 0 aliphatic carbocycles. The molecule has 7 atom stereocenters. The average Bonchev–Trinajstić information content (AvgIpc) is 3.53. The number of hydrogen-bond acceptors (Lipinski definition) is 6. The summed E-state index contributed by atoms with van der Waals surface area (Å²) in [7, 11) is 0. The molecule has 9 heteroatoms. The Kier molecular flexibility index (Phi) is 8.74. The SMILES string of the molecule is CCCCNC(=O)C1N([C@@H](CO)[C@@H](C)CC)C(=O)[C@@H]2[C@H](C(=O)Nc3ccc(OCC)cc3)[C@@H]3CCC12S3. The lowest BCUT2D eigenvalue weighted by molar-refractivity contribution is -0.143. The van der Waals surface area contributed by atoms with Crippen LogP contribution in [-0.2, 0) is 14.4 Å². The van der Waals surface area contributed by atoms with Gasteiger partial charge in [0.25, 0.3) is 0 Å². The molecule has 3 aliphatic rings. The maximum Gasteiger partial charge on any atom is 0.244 e. The molecule has 0 radical (unpaired) electrons. The molecule has 2 bridgehead atoms. The molecule has 204 valence electrons. The van der Waals surface area contributed by atoms with Gasteiger partial charge in [0, 0.05) is 17.5 Å². The van der Waals surface area contributed by atoms with Crippen molar-refractivity contribution in [1.29, 1.82) is 0 Å². The highest BCUT2D eigenvalue weighted by atomic mass is 32.2. The van der Waals surface area contributed by atoms with Crippen molar-refractivity contribution < 1.29 is 24.2 Å². The van der Waals surface area contributed by atoms with Crippen molar-refractivity contribution in [3.63, 3.8) is 0 Å². The fraction of sp³-hybridized carbons (Fsp3) is 0.679. The Balaban J connectivity index is 1.64. The number of benzene rings is 1. The summed E-state index contributed by atoms with van der Waals surface area (Å²) in [5.41, 5.74) is 0.652. The number of nitrogens with one attached hydrogen (secondary N) is 2. The number of unbranched alkanes of at least 4 members (excludes halogenated alkanes) is 1. The quantitative estimate of drug-likeness (QED) is 0.357. The van der Waals surface area contributed by atoms with E-state index in [1.54, 1.807) is 28.8 Å². The molecule has 8 nitrogen and oxygen atoms in total.